The van der Waals surface area contributed by atoms with Crippen molar-refractivity contribution in [2.75, 3.05) is 6.61 Å². The van der Waals surface area contributed by atoms with Gasteiger partial charge in [-0.05, 0) is 83.5 Å². The third-order valence-corrected chi connectivity index (χ3v) is 6.98. The fraction of sp³-hybridized carbons (Fsp3) is 0.333. The molecule has 4 heteroatoms. The van der Waals surface area contributed by atoms with Crippen molar-refractivity contribution < 1.29 is 19.4 Å². The van der Waals surface area contributed by atoms with E-state index in [2.05, 4.69) is 130 Å². The van der Waals surface area contributed by atoms with Crippen LogP contribution in [0.15, 0.2) is 184 Å². The molecule has 0 aromatic carbocycles. The molecule has 6 aliphatic carbocycles. The van der Waals surface area contributed by atoms with E-state index in [-0.39, 0.29) is 12.4 Å². The second-order valence-electron chi connectivity index (χ2n) is 11.5. The molecule has 4 nitrogen and oxygen atoms in total. The summed E-state index contributed by atoms with van der Waals surface area (Å²) in [5.74, 6) is -1.03. The van der Waals surface area contributed by atoms with Gasteiger partial charge in [0.05, 0.1) is 0 Å². The minimum atomic E-state index is -0.764. The quantitative estimate of drug-likeness (QED) is 0.132. The zero-order valence-corrected chi connectivity index (χ0v) is 32.3. The van der Waals surface area contributed by atoms with Crippen molar-refractivity contribution in [3.63, 3.8) is 0 Å². The summed E-state index contributed by atoms with van der Waals surface area (Å²) in [6.07, 6.45) is 51.8. The number of rotatable bonds is 11. The van der Waals surface area contributed by atoms with Gasteiger partial charge in [0, 0.05) is 13.3 Å². The van der Waals surface area contributed by atoms with E-state index < -0.39 is 5.97 Å². The van der Waals surface area contributed by atoms with Gasteiger partial charge >= 0.3 is 11.9 Å². The Hall–Kier alpha value is -4.96. The second-order valence-corrected chi connectivity index (χ2v) is 11.5. The van der Waals surface area contributed by atoms with Crippen LogP contribution in [-0.2, 0) is 14.3 Å². The van der Waals surface area contributed by atoms with E-state index in [1.807, 2.05) is 24.3 Å². The molecule has 0 atom stereocenters. The zero-order valence-electron chi connectivity index (χ0n) is 32.3. The molecule has 0 amide bonds. The summed E-state index contributed by atoms with van der Waals surface area (Å²) < 4.78 is 4.43. The van der Waals surface area contributed by atoms with Crippen LogP contribution < -0.4 is 0 Å². The lowest BCUT2D eigenvalue weighted by atomic mass is 10.2. The van der Waals surface area contributed by atoms with E-state index >= 15 is 0 Å². The van der Waals surface area contributed by atoms with Crippen molar-refractivity contribution in [3.05, 3.63) is 184 Å². The number of carboxylic acids is 1. The molecule has 284 valence electrons. The maximum atomic E-state index is 9.93. The highest BCUT2D eigenvalue weighted by molar-refractivity contribution is 5.66. The van der Waals surface area contributed by atoms with E-state index in [1.54, 1.807) is 28.4 Å². The molecule has 6 aliphatic rings. The zero-order chi connectivity index (χ0) is 39.5. The fourth-order valence-electron chi connectivity index (χ4n) is 4.28. The Kier molecular flexibility index (Phi) is 41.7. The molecule has 1 N–H and O–H groups in total. The number of aliphatic carboxylic acids is 1. The third-order valence-electron chi connectivity index (χ3n) is 6.98. The maximum Gasteiger partial charge on any atom is 0.303 e. The van der Waals surface area contributed by atoms with Gasteiger partial charge in [-0.1, -0.05) is 138 Å². The second kappa shape index (κ2) is 42.2. The largest absolute Gasteiger partial charge is 0.481 e. The van der Waals surface area contributed by atoms with Crippen LogP contribution in [0.25, 0.3) is 0 Å². The van der Waals surface area contributed by atoms with Crippen LogP contribution in [0.1, 0.15) is 96.8 Å². The van der Waals surface area contributed by atoms with Crippen molar-refractivity contribution in [1.82, 2.24) is 0 Å². The van der Waals surface area contributed by atoms with Crippen LogP contribution in [0.2, 0.25) is 0 Å². The van der Waals surface area contributed by atoms with E-state index in [0.29, 0.717) is 13.0 Å². The molecule has 0 spiro atoms. The Balaban J connectivity index is -0.000000525. The topological polar surface area (TPSA) is 63.6 Å². The lowest BCUT2D eigenvalue weighted by molar-refractivity contribution is -0.140. The minimum Gasteiger partial charge on any atom is -0.481 e. The highest BCUT2D eigenvalue weighted by atomic mass is 16.5. The van der Waals surface area contributed by atoms with Gasteiger partial charge in [0.2, 0.25) is 0 Å². The number of allylic oxidation sites excluding steroid dienone is 21. The standard InChI is InChI=1S/2C7H8.2C6H10.2C5H8O2.2C5H6.C2H4/c2*1-2-7-4-3-6(1)5-7;2*1-3-5-6-4-2;1-3-4-7-5(2)6;1-2-3-4-5(6)7;2*1-2-4-5-3-1;1-2/h2*1-2H,3-5H2;2*3-4H,1-2,5-6H2;3H,1,4H2,2H3;2H,1,3-4H2,(H,6,7);2*1-4H,5H2;1-2H2. The summed E-state index contributed by atoms with van der Waals surface area (Å²) in [5, 5.41) is 8.00. The number of unbranched alkanes of at least 4 members (excludes halogenated alkanes) is 2. The van der Waals surface area contributed by atoms with Crippen LogP contribution in [-0.4, -0.2) is 23.7 Å². The van der Waals surface area contributed by atoms with Crippen molar-refractivity contribution >= 4 is 11.9 Å². The highest BCUT2D eigenvalue weighted by Gasteiger charge is 2.15. The summed E-state index contributed by atoms with van der Waals surface area (Å²) in [4.78, 5) is 19.6. The Morgan fingerprint density at radius 1 is 0.577 bits per heavy atom. The lowest BCUT2D eigenvalue weighted by Crippen LogP contribution is -1.96. The number of carbonyl (C=O) groups is 2. The first-order chi connectivity index (χ1) is 25.3. The van der Waals surface area contributed by atoms with E-state index in [9.17, 15) is 9.59 Å². The van der Waals surface area contributed by atoms with Crippen LogP contribution in [0.5, 0.6) is 0 Å². The number of carbonyl (C=O) groups excluding carboxylic acids is 1. The molecule has 0 radical (unpaired) electrons. The molecule has 2 saturated carbocycles. The summed E-state index contributed by atoms with van der Waals surface area (Å²) in [5.41, 5.74) is 6.59. The van der Waals surface area contributed by atoms with Crippen LogP contribution in [0.3, 0.4) is 0 Å². The van der Waals surface area contributed by atoms with Crippen molar-refractivity contribution in [3.8, 4) is 0 Å². The smallest absolute Gasteiger partial charge is 0.303 e. The van der Waals surface area contributed by atoms with Crippen LogP contribution in [0, 0.1) is 0 Å². The number of fused-ring (bicyclic) bond motifs is 4. The van der Waals surface area contributed by atoms with Crippen molar-refractivity contribution in [2.24, 2.45) is 0 Å². The van der Waals surface area contributed by atoms with Gasteiger partial charge in [0.15, 0.2) is 0 Å². The number of ether oxygens (including phenoxy) is 1. The molecule has 2 fully saturated rings. The van der Waals surface area contributed by atoms with E-state index in [1.165, 1.54) is 51.5 Å². The molecule has 0 unspecified atom stereocenters. The molecule has 4 bridgehead atoms. The first-order valence-electron chi connectivity index (χ1n) is 18.2. The average molecular weight is 709 g/mol. The first kappa shape index (κ1) is 51.4. The summed E-state index contributed by atoms with van der Waals surface area (Å²) in [7, 11) is 0. The molecule has 0 aromatic rings. The molecule has 0 aromatic heterocycles. The van der Waals surface area contributed by atoms with E-state index in [0.717, 1.165) is 38.5 Å². The Labute approximate surface area is 318 Å². The van der Waals surface area contributed by atoms with Gasteiger partial charge in [-0.3, -0.25) is 9.59 Å². The minimum absolute atomic E-state index is 0.198. The Morgan fingerprint density at radius 3 is 0.981 bits per heavy atom. The normalized spacial score (nSPS) is 14.0. The Bertz CT molecular complexity index is 1100. The van der Waals surface area contributed by atoms with Crippen molar-refractivity contribution in [1.29, 1.82) is 0 Å². The maximum absolute atomic E-state index is 9.93. The SMILES string of the molecule is C1=C2CCC(=C1)C2.C1=C2CCC(=C1)C2.C1=CCC=C1.C1=CCC=C1.C=C.C=CCCC(=O)O.C=CCCC=C.C=CCCC=C.C=CCOC(C)=O. The van der Waals surface area contributed by atoms with Gasteiger partial charge in [-0.25, -0.2) is 0 Å². The van der Waals surface area contributed by atoms with E-state index in [4.69, 9.17) is 5.11 Å². The number of hydrogen-bond donors (Lipinski definition) is 1. The molecule has 52 heavy (non-hydrogen) atoms. The highest BCUT2D eigenvalue weighted by Crippen LogP contribution is 2.34. The molecule has 0 aliphatic heterocycles. The molecular formula is C48H68O4. The van der Waals surface area contributed by atoms with Crippen LogP contribution >= 0.6 is 0 Å². The van der Waals surface area contributed by atoms with Gasteiger partial charge in [-0.15, -0.1) is 46.1 Å². The monoisotopic (exact) mass is 709 g/mol. The number of hydrogen-bond acceptors (Lipinski definition) is 3. The summed E-state index contributed by atoms with van der Waals surface area (Å²) in [6, 6.07) is 0. The van der Waals surface area contributed by atoms with Gasteiger partial charge in [-0.2, -0.15) is 0 Å². The number of esters is 1. The molecular weight excluding hydrogens is 641 g/mol. The van der Waals surface area contributed by atoms with Crippen molar-refractivity contribution in [2.45, 2.75) is 96.8 Å². The van der Waals surface area contributed by atoms with Gasteiger partial charge < -0.3 is 9.84 Å². The summed E-state index contributed by atoms with van der Waals surface area (Å²) >= 11 is 0. The Morgan fingerprint density at radius 2 is 0.885 bits per heavy atom. The summed E-state index contributed by atoms with van der Waals surface area (Å²) in [6.45, 7) is 28.6. The van der Waals surface area contributed by atoms with Crippen LogP contribution in [0.4, 0.5) is 0 Å². The van der Waals surface area contributed by atoms with Gasteiger partial charge in [0.25, 0.3) is 0 Å². The average Bonchev–Trinajstić information content (AvgIpc) is 4.04. The lowest BCUT2D eigenvalue weighted by Gasteiger charge is -1.90. The molecule has 6 rings (SSSR count). The predicted molar refractivity (Wildman–Crippen MR) is 230 cm³/mol. The molecule has 0 heterocycles. The third kappa shape index (κ3) is 39.5. The molecule has 0 saturated heterocycles. The predicted octanol–water partition coefficient (Wildman–Crippen LogP) is 13.9. The fourth-order valence-corrected chi connectivity index (χ4v) is 4.28. The number of carboxylic acid groups (broad SMARTS) is 1. The first-order valence-corrected chi connectivity index (χ1v) is 18.2. The van der Waals surface area contributed by atoms with Gasteiger partial charge in [0.1, 0.15) is 6.61 Å².